The summed E-state index contributed by atoms with van der Waals surface area (Å²) in [5.74, 6) is -0.0229. The molecule has 0 radical (unpaired) electrons. The number of nitrogens with zero attached hydrogens (tertiary/aromatic N) is 2. The smallest absolute Gasteiger partial charge is 0.408 e. The Morgan fingerprint density at radius 3 is 2.42 bits per heavy atom. The zero-order valence-electron chi connectivity index (χ0n) is 15.5. The molecule has 24 heavy (non-hydrogen) atoms. The van der Waals surface area contributed by atoms with Crippen LogP contribution in [-0.2, 0) is 16.1 Å². The molecule has 0 aliphatic rings. The molecule has 0 bridgehead atoms. The quantitative estimate of drug-likeness (QED) is 0.798. The third-order valence-electron chi connectivity index (χ3n) is 3.30. The first-order valence-corrected chi connectivity index (χ1v) is 8.33. The number of hydrogen-bond donors (Lipinski definition) is 2. The molecule has 0 aromatic carbocycles. The molecule has 0 spiro atoms. The van der Waals surface area contributed by atoms with Crippen LogP contribution < -0.4 is 10.6 Å². The molecular formula is C17H30N4O3. The zero-order valence-corrected chi connectivity index (χ0v) is 15.5. The number of rotatable bonds is 7. The number of alkyl carbamates (subject to hydrolysis) is 1. The van der Waals surface area contributed by atoms with Crippen LogP contribution in [0.15, 0.2) is 18.5 Å². The van der Waals surface area contributed by atoms with Crippen LogP contribution in [-0.4, -0.2) is 40.0 Å². The summed E-state index contributed by atoms with van der Waals surface area (Å²) < 4.78 is 7.05. The van der Waals surface area contributed by atoms with Gasteiger partial charge in [-0.25, -0.2) is 4.79 Å². The van der Waals surface area contributed by atoms with Crippen LogP contribution in [0.4, 0.5) is 4.79 Å². The molecule has 2 unspecified atom stereocenters. The van der Waals surface area contributed by atoms with Crippen molar-refractivity contribution in [1.82, 2.24) is 20.4 Å². The lowest BCUT2D eigenvalue weighted by Gasteiger charge is -2.25. The van der Waals surface area contributed by atoms with Gasteiger partial charge in [0.2, 0.25) is 5.91 Å². The van der Waals surface area contributed by atoms with Gasteiger partial charge in [0.15, 0.2) is 0 Å². The van der Waals surface area contributed by atoms with Gasteiger partial charge in [-0.3, -0.25) is 9.48 Å². The van der Waals surface area contributed by atoms with Crippen LogP contribution in [0, 0.1) is 11.8 Å². The molecule has 7 heteroatoms. The molecule has 136 valence electrons. The van der Waals surface area contributed by atoms with E-state index in [-0.39, 0.29) is 17.7 Å². The van der Waals surface area contributed by atoms with Crippen molar-refractivity contribution in [3.8, 4) is 0 Å². The van der Waals surface area contributed by atoms with E-state index in [2.05, 4.69) is 15.7 Å². The number of hydrogen-bond acceptors (Lipinski definition) is 4. The van der Waals surface area contributed by atoms with Crippen LogP contribution in [0.3, 0.4) is 0 Å². The maximum absolute atomic E-state index is 12.4. The highest BCUT2D eigenvalue weighted by Crippen LogP contribution is 2.09. The lowest BCUT2D eigenvalue weighted by molar-refractivity contribution is -0.124. The van der Waals surface area contributed by atoms with Crippen LogP contribution in [0.25, 0.3) is 0 Å². The Labute approximate surface area is 144 Å². The van der Waals surface area contributed by atoms with Crippen LogP contribution in [0.2, 0.25) is 0 Å². The molecule has 1 heterocycles. The Morgan fingerprint density at radius 1 is 1.25 bits per heavy atom. The van der Waals surface area contributed by atoms with Gasteiger partial charge in [0, 0.05) is 25.5 Å². The van der Waals surface area contributed by atoms with E-state index in [1.54, 1.807) is 27.0 Å². The monoisotopic (exact) mass is 338 g/mol. The van der Waals surface area contributed by atoms with E-state index in [4.69, 9.17) is 4.74 Å². The Hall–Kier alpha value is -2.05. The average Bonchev–Trinajstić information content (AvgIpc) is 2.92. The van der Waals surface area contributed by atoms with Gasteiger partial charge in [0.05, 0.1) is 0 Å². The first-order valence-electron chi connectivity index (χ1n) is 8.33. The van der Waals surface area contributed by atoms with E-state index in [9.17, 15) is 9.59 Å². The number of ether oxygens (including phenoxy) is 1. The molecule has 0 aliphatic carbocycles. The van der Waals surface area contributed by atoms with E-state index in [1.807, 2.05) is 37.7 Å². The largest absolute Gasteiger partial charge is 0.444 e. The fourth-order valence-corrected chi connectivity index (χ4v) is 2.15. The molecule has 1 rings (SSSR count). The second-order valence-corrected chi connectivity index (χ2v) is 7.45. The molecule has 2 amide bonds. The van der Waals surface area contributed by atoms with E-state index < -0.39 is 17.7 Å². The van der Waals surface area contributed by atoms with Gasteiger partial charge in [0.1, 0.15) is 11.6 Å². The van der Waals surface area contributed by atoms with Crippen LogP contribution >= 0.6 is 0 Å². The Morgan fingerprint density at radius 2 is 1.92 bits per heavy atom. The minimum absolute atomic E-state index is 0.0426. The number of aromatic nitrogens is 2. The summed E-state index contributed by atoms with van der Waals surface area (Å²) in [5.41, 5.74) is -0.597. The number of nitrogens with one attached hydrogen (secondary N) is 2. The van der Waals surface area contributed by atoms with Crippen molar-refractivity contribution < 1.29 is 14.3 Å². The molecule has 2 atom stereocenters. The van der Waals surface area contributed by atoms with Crippen molar-refractivity contribution in [3.05, 3.63) is 18.5 Å². The molecule has 0 saturated heterocycles. The Kier molecular flexibility index (Phi) is 7.25. The Balaban J connectivity index is 2.49. The van der Waals surface area contributed by atoms with Gasteiger partial charge < -0.3 is 15.4 Å². The highest BCUT2D eigenvalue weighted by atomic mass is 16.6. The average molecular weight is 338 g/mol. The normalized spacial score (nSPS) is 14.1. The number of amides is 2. The number of carbonyl (C=O) groups is 2. The summed E-state index contributed by atoms with van der Waals surface area (Å²) in [6.07, 6.45) is 3.03. The SMILES string of the molecule is CC(CNC(=O)C(NC(=O)OC(C)(C)C)C(C)C)Cn1cccn1. The predicted octanol–water partition coefficient (Wildman–Crippen LogP) is 2.18. The highest BCUT2D eigenvalue weighted by Gasteiger charge is 2.26. The number of carbonyl (C=O) groups excluding carboxylic acids is 2. The van der Waals surface area contributed by atoms with E-state index in [0.29, 0.717) is 6.54 Å². The fraction of sp³-hybridized carbons (Fsp3) is 0.706. The summed E-state index contributed by atoms with van der Waals surface area (Å²) in [7, 11) is 0. The topological polar surface area (TPSA) is 85.3 Å². The first-order chi connectivity index (χ1) is 11.1. The highest BCUT2D eigenvalue weighted by molar-refractivity contribution is 5.85. The van der Waals surface area contributed by atoms with Gasteiger partial charge >= 0.3 is 6.09 Å². The molecule has 0 aliphatic heterocycles. The summed E-state index contributed by atoms with van der Waals surface area (Å²) in [6, 6.07) is 1.24. The minimum atomic E-state index is -0.628. The lowest BCUT2D eigenvalue weighted by Crippen LogP contribution is -2.51. The Bertz CT molecular complexity index is 520. The molecule has 1 aromatic heterocycles. The van der Waals surface area contributed by atoms with Crippen molar-refractivity contribution in [1.29, 1.82) is 0 Å². The van der Waals surface area contributed by atoms with Crippen molar-refractivity contribution in [2.75, 3.05) is 6.54 Å². The van der Waals surface area contributed by atoms with Crippen molar-refractivity contribution in [2.45, 2.75) is 59.7 Å². The maximum Gasteiger partial charge on any atom is 0.408 e. The van der Waals surface area contributed by atoms with E-state index in [1.165, 1.54) is 0 Å². The molecule has 0 fully saturated rings. The van der Waals surface area contributed by atoms with Crippen molar-refractivity contribution in [3.63, 3.8) is 0 Å². The maximum atomic E-state index is 12.4. The molecular weight excluding hydrogens is 308 g/mol. The molecule has 2 N–H and O–H groups in total. The van der Waals surface area contributed by atoms with E-state index >= 15 is 0 Å². The third kappa shape index (κ3) is 7.48. The molecule has 7 nitrogen and oxygen atoms in total. The summed E-state index contributed by atoms with van der Waals surface area (Å²) >= 11 is 0. The predicted molar refractivity (Wildman–Crippen MR) is 92.4 cm³/mol. The third-order valence-corrected chi connectivity index (χ3v) is 3.30. The van der Waals surface area contributed by atoms with Crippen LogP contribution in [0.5, 0.6) is 0 Å². The first kappa shape index (κ1) is 20.0. The summed E-state index contributed by atoms with van der Waals surface area (Å²) in [6.45, 7) is 12.4. The minimum Gasteiger partial charge on any atom is -0.444 e. The lowest BCUT2D eigenvalue weighted by atomic mass is 10.0. The van der Waals surface area contributed by atoms with E-state index in [0.717, 1.165) is 6.54 Å². The van der Waals surface area contributed by atoms with Gasteiger partial charge in [-0.15, -0.1) is 0 Å². The standard InChI is InChI=1S/C17H30N4O3/c1-12(2)14(20-16(23)24-17(4,5)6)15(22)18-10-13(3)11-21-9-7-8-19-21/h7-9,12-14H,10-11H2,1-6H3,(H,18,22)(H,20,23). The van der Waals surface area contributed by atoms with Crippen LogP contribution in [0.1, 0.15) is 41.5 Å². The fourth-order valence-electron chi connectivity index (χ4n) is 2.15. The van der Waals surface area contributed by atoms with Crippen molar-refractivity contribution in [2.24, 2.45) is 11.8 Å². The van der Waals surface area contributed by atoms with Gasteiger partial charge in [-0.05, 0) is 38.7 Å². The summed E-state index contributed by atoms with van der Waals surface area (Å²) in [4.78, 5) is 24.3. The second kappa shape index (κ2) is 8.70. The molecule has 0 saturated carbocycles. The van der Waals surface area contributed by atoms with Gasteiger partial charge in [-0.2, -0.15) is 5.10 Å². The van der Waals surface area contributed by atoms with Gasteiger partial charge in [-0.1, -0.05) is 20.8 Å². The molecule has 1 aromatic rings. The van der Waals surface area contributed by atoms with Gasteiger partial charge in [0.25, 0.3) is 0 Å². The second-order valence-electron chi connectivity index (χ2n) is 7.45. The summed E-state index contributed by atoms with van der Waals surface area (Å²) in [5, 5.41) is 9.70. The van der Waals surface area contributed by atoms with Crippen molar-refractivity contribution >= 4 is 12.0 Å². The zero-order chi connectivity index (χ0) is 18.3.